The van der Waals surface area contributed by atoms with Gasteiger partial charge in [0.15, 0.2) is 0 Å². The molecule has 1 aliphatic carbocycles. The molecule has 0 bridgehead atoms. The van der Waals surface area contributed by atoms with Crippen LogP contribution in [0.3, 0.4) is 0 Å². The van der Waals surface area contributed by atoms with E-state index in [1.54, 1.807) is 31.2 Å². The third kappa shape index (κ3) is 4.59. The molecule has 1 saturated heterocycles. The van der Waals surface area contributed by atoms with E-state index in [4.69, 9.17) is 4.74 Å². The predicted octanol–water partition coefficient (Wildman–Crippen LogP) is 4.25. The number of likely N-dealkylation sites (tertiary alicyclic amines) is 1. The number of rotatable bonds is 8. The second-order valence-electron chi connectivity index (χ2n) is 9.59. The maximum Gasteiger partial charge on any atom is 0.241 e. The first-order valence-corrected chi connectivity index (χ1v) is 12.2. The standard InChI is InChI=1S/C28H34N2O4/c1-4-20-9-11-21(12-10-20)19-29(2)25(31)17-28(22-13-15-24(34-3)16-14-22)18-26(32)30(27(28)33)23-7-5-6-8-23/h9-16,23H,4-8,17-19H2,1-3H3/t28-/m1/s1. The summed E-state index contributed by atoms with van der Waals surface area (Å²) in [5.74, 6) is 0.119. The van der Waals surface area contributed by atoms with Crippen molar-refractivity contribution < 1.29 is 19.1 Å². The lowest BCUT2D eigenvalue weighted by Crippen LogP contribution is -2.45. The monoisotopic (exact) mass is 462 g/mol. The van der Waals surface area contributed by atoms with Gasteiger partial charge in [0.1, 0.15) is 5.75 Å². The van der Waals surface area contributed by atoms with Crippen LogP contribution in [0.25, 0.3) is 0 Å². The predicted molar refractivity (Wildman–Crippen MR) is 130 cm³/mol. The first-order valence-electron chi connectivity index (χ1n) is 12.2. The molecule has 0 aromatic heterocycles. The molecule has 1 saturated carbocycles. The first-order chi connectivity index (χ1) is 16.4. The molecule has 2 aliphatic rings. The summed E-state index contributed by atoms with van der Waals surface area (Å²) in [5, 5.41) is 0. The molecule has 2 fully saturated rings. The molecule has 0 spiro atoms. The molecule has 6 nitrogen and oxygen atoms in total. The number of methoxy groups -OCH3 is 1. The smallest absolute Gasteiger partial charge is 0.241 e. The summed E-state index contributed by atoms with van der Waals surface area (Å²) < 4.78 is 5.28. The van der Waals surface area contributed by atoms with Crippen LogP contribution in [-0.2, 0) is 32.8 Å². The third-order valence-corrected chi connectivity index (χ3v) is 7.41. The molecule has 2 aromatic carbocycles. The van der Waals surface area contributed by atoms with Crippen LogP contribution >= 0.6 is 0 Å². The lowest BCUT2D eigenvalue weighted by Gasteiger charge is -2.30. The zero-order valence-corrected chi connectivity index (χ0v) is 20.4. The summed E-state index contributed by atoms with van der Waals surface area (Å²) in [6.45, 7) is 2.56. The Morgan fingerprint density at radius 3 is 2.24 bits per heavy atom. The van der Waals surface area contributed by atoms with Crippen LogP contribution in [0.5, 0.6) is 5.75 Å². The van der Waals surface area contributed by atoms with E-state index in [0.29, 0.717) is 17.9 Å². The average molecular weight is 463 g/mol. The van der Waals surface area contributed by atoms with E-state index in [2.05, 4.69) is 19.1 Å². The Labute approximate surface area is 201 Å². The third-order valence-electron chi connectivity index (χ3n) is 7.41. The lowest BCUT2D eigenvalue weighted by atomic mass is 9.75. The SMILES string of the molecule is CCc1ccc(CN(C)C(=O)C[C@]2(c3ccc(OC)cc3)CC(=O)N(C3CCCC3)C2=O)cc1. The zero-order valence-electron chi connectivity index (χ0n) is 20.4. The summed E-state index contributed by atoms with van der Waals surface area (Å²) in [6.07, 6.45) is 4.70. The molecule has 3 amide bonds. The Hall–Kier alpha value is -3.15. The number of amides is 3. The number of nitrogens with zero attached hydrogens (tertiary/aromatic N) is 2. The van der Waals surface area contributed by atoms with Crippen LogP contribution in [0, 0.1) is 0 Å². The number of hydrogen-bond acceptors (Lipinski definition) is 4. The van der Waals surface area contributed by atoms with Crippen LogP contribution in [0.1, 0.15) is 62.1 Å². The van der Waals surface area contributed by atoms with Gasteiger partial charge >= 0.3 is 0 Å². The highest BCUT2D eigenvalue weighted by molar-refractivity contribution is 6.11. The number of carbonyl (C=O) groups is 3. The zero-order chi connectivity index (χ0) is 24.3. The quantitative estimate of drug-likeness (QED) is 0.550. The van der Waals surface area contributed by atoms with Crippen molar-refractivity contribution in [1.29, 1.82) is 0 Å². The Balaban J connectivity index is 1.60. The number of carbonyl (C=O) groups excluding carboxylic acids is 3. The van der Waals surface area contributed by atoms with Gasteiger partial charge in [-0.25, -0.2) is 0 Å². The van der Waals surface area contributed by atoms with Crippen molar-refractivity contribution >= 4 is 17.7 Å². The summed E-state index contributed by atoms with van der Waals surface area (Å²) in [7, 11) is 3.34. The van der Waals surface area contributed by atoms with Gasteiger partial charge in [-0.2, -0.15) is 0 Å². The van der Waals surface area contributed by atoms with E-state index in [1.807, 2.05) is 24.3 Å². The molecule has 1 atom stereocenters. The van der Waals surface area contributed by atoms with Crippen molar-refractivity contribution in [2.75, 3.05) is 14.2 Å². The highest BCUT2D eigenvalue weighted by Crippen LogP contribution is 2.43. The molecule has 0 radical (unpaired) electrons. The van der Waals surface area contributed by atoms with Crippen molar-refractivity contribution in [2.24, 2.45) is 0 Å². The molecule has 4 rings (SSSR count). The maximum absolute atomic E-state index is 13.9. The molecule has 0 N–H and O–H groups in total. The van der Waals surface area contributed by atoms with Gasteiger partial charge < -0.3 is 9.64 Å². The minimum absolute atomic E-state index is 0.0272. The number of ether oxygens (including phenoxy) is 1. The highest BCUT2D eigenvalue weighted by Gasteiger charge is 2.55. The molecule has 2 aromatic rings. The van der Waals surface area contributed by atoms with Crippen LogP contribution in [0.4, 0.5) is 0 Å². The van der Waals surface area contributed by atoms with Crippen molar-refractivity contribution in [3.8, 4) is 5.75 Å². The average Bonchev–Trinajstić information content (AvgIpc) is 3.46. The van der Waals surface area contributed by atoms with E-state index < -0.39 is 5.41 Å². The normalized spacial score (nSPS) is 20.7. The summed E-state index contributed by atoms with van der Waals surface area (Å²) in [4.78, 5) is 43.6. The van der Waals surface area contributed by atoms with Gasteiger partial charge in [-0.3, -0.25) is 19.3 Å². The first kappa shape index (κ1) is 24.0. The van der Waals surface area contributed by atoms with Gasteiger partial charge in [0.05, 0.1) is 12.5 Å². The van der Waals surface area contributed by atoms with E-state index in [1.165, 1.54) is 10.5 Å². The minimum atomic E-state index is -1.18. The number of imide groups is 1. The fourth-order valence-electron chi connectivity index (χ4n) is 5.31. The Bertz CT molecular complexity index is 1040. The largest absolute Gasteiger partial charge is 0.497 e. The number of aryl methyl sites for hydroxylation is 1. The van der Waals surface area contributed by atoms with Gasteiger partial charge in [-0.15, -0.1) is 0 Å². The second-order valence-corrected chi connectivity index (χ2v) is 9.59. The van der Waals surface area contributed by atoms with Gasteiger partial charge in [0.25, 0.3) is 0 Å². The summed E-state index contributed by atoms with van der Waals surface area (Å²) in [5.41, 5.74) is 1.80. The molecule has 6 heteroatoms. The molecule has 1 heterocycles. The van der Waals surface area contributed by atoms with Gasteiger partial charge in [0.2, 0.25) is 17.7 Å². The lowest BCUT2D eigenvalue weighted by molar-refractivity contribution is -0.144. The highest BCUT2D eigenvalue weighted by atomic mass is 16.5. The Kier molecular flexibility index (Phi) is 7.05. The van der Waals surface area contributed by atoms with Crippen molar-refractivity contribution in [1.82, 2.24) is 9.80 Å². The van der Waals surface area contributed by atoms with E-state index in [9.17, 15) is 14.4 Å². The topological polar surface area (TPSA) is 66.9 Å². The summed E-state index contributed by atoms with van der Waals surface area (Å²) in [6, 6.07) is 15.4. The molecule has 34 heavy (non-hydrogen) atoms. The second kappa shape index (κ2) is 10.00. The fourth-order valence-corrected chi connectivity index (χ4v) is 5.31. The molecule has 1 aliphatic heterocycles. The Morgan fingerprint density at radius 1 is 1.03 bits per heavy atom. The summed E-state index contributed by atoms with van der Waals surface area (Å²) >= 11 is 0. The van der Waals surface area contributed by atoms with Gasteiger partial charge in [0, 0.05) is 32.5 Å². The van der Waals surface area contributed by atoms with Crippen molar-refractivity contribution in [2.45, 2.75) is 69.9 Å². The van der Waals surface area contributed by atoms with Crippen LogP contribution in [0.15, 0.2) is 48.5 Å². The molecule has 0 unspecified atom stereocenters. The van der Waals surface area contributed by atoms with Crippen LogP contribution < -0.4 is 4.74 Å². The van der Waals surface area contributed by atoms with Crippen LogP contribution in [0.2, 0.25) is 0 Å². The fraction of sp³-hybridized carbons (Fsp3) is 0.464. The van der Waals surface area contributed by atoms with E-state index >= 15 is 0 Å². The Morgan fingerprint density at radius 2 is 1.65 bits per heavy atom. The van der Waals surface area contributed by atoms with Crippen molar-refractivity contribution in [3.05, 3.63) is 65.2 Å². The van der Waals surface area contributed by atoms with Crippen LogP contribution in [-0.4, -0.2) is 47.7 Å². The van der Waals surface area contributed by atoms with Gasteiger partial charge in [-0.1, -0.05) is 56.2 Å². The molecule has 180 valence electrons. The van der Waals surface area contributed by atoms with Gasteiger partial charge in [-0.05, 0) is 48.1 Å². The van der Waals surface area contributed by atoms with E-state index in [-0.39, 0.29) is 36.6 Å². The van der Waals surface area contributed by atoms with E-state index in [0.717, 1.165) is 37.7 Å². The molecular weight excluding hydrogens is 428 g/mol. The number of benzene rings is 2. The maximum atomic E-state index is 13.9. The van der Waals surface area contributed by atoms with Crippen molar-refractivity contribution in [3.63, 3.8) is 0 Å². The minimum Gasteiger partial charge on any atom is -0.497 e. The number of hydrogen-bond donors (Lipinski definition) is 0. The molecular formula is C28H34N2O4.